The van der Waals surface area contributed by atoms with Crippen LogP contribution in [0.15, 0.2) is 60.8 Å². The first-order valence-electron chi connectivity index (χ1n) is 23.8. The van der Waals surface area contributed by atoms with Crippen LogP contribution in [0.4, 0.5) is 0 Å². The topological polar surface area (TPSA) is 155 Å². The number of unbranched alkanes of at least 4 members (excludes halogenated alkanes) is 21. The molecule has 10 nitrogen and oxygen atoms in total. The van der Waals surface area contributed by atoms with E-state index in [9.17, 15) is 19.0 Å². The van der Waals surface area contributed by atoms with E-state index >= 15 is 0 Å². The lowest BCUT2D eigenvalue weighted by atomic mass is 10.0. The van der Waals surface area contributed by atoms with E-state index in [0.717, 1.165) is 51.4 Å². The molecule has 0 fully saturated rings. The van der Waals surface area contributed by atoms with Crippen LogP contribution in [0.5, 0.6) is 0 Å². The van der Waals surface area contributed by atoms with Gasteiger partial charge in [0.05, 0.1) is 19.8 Å². The minimum Gasteiger partial charge on any atom is -0.480 e. The number of phosphoric ester groups is 1. The fourth-order valence-electron chi connectivity index (χ4n) is 6.41. The molecular formula is C49H88NO9P. The van der Waals surface area contributed by atoms with Gasteiger partial charge >= 0.3 is 19.8 Å². The highest BCUT2D eigenvalue weighted by Crippen LogP contribution is 2.43. The van der Waals surface area contributed by atoms with E-state index in [1.54, 1.807) is 0 Å². The lowest BCUT2D eigenvalue weighted by Crippen LogP contribution is -2.34. The van der Waals surface area contributed by atoms with Crippen molar-refractivity contribution in [2.75, 3.05) is 26.4 Å². The lowest BCUT2D eigenvalue weighted by molar-refractivity contribution is -0.154. The normalized spacial score (nSPS) is 14.3. The van der Waals surface area contributed by atoms with E-state index < -0.39 is 45.1 Å². The number of ether oxygens (including phenoxy) is 2. The molecule has 0 saturated heterocycles. The largest absolute Gasteiger partial charge is 0.480 e. The van der Waals surface area contributed by atoms with Crippen molar-refractivity contribution in [3.8, 4) is 0 Å². The Kier molecular flexibility index (Phi) is 43.0. The number of aliphatic carboxylic acids is 1. The van der Waals surface area contributed by atoms with Gasteiger partial charge in [-0.1, -0.05) is 203 Å². The van der Waals surface area contributed by atoms with Crippen LogP contribution >= 0.6 is 7.82 Å². The maximum atomic E-state index is 12.6. The molecule has 0 heterocycles. The van der Waals surface area contributed by atoms with Gasteiger partial charge in [0, 0.05) is 13.0 Å². The average molecular weight is 866 g/mol. The third-order valence-corrected chi connectivity index (χ3v) is 11.0. The molecule has 0 aliphatic heterocycles. The zero-order valence-electron chi connectivity index (χ0n) is 38.0. The van der Waals surface area contributed by atoms with Crippen molar-refractivity contribution in [1.29, 1.82) is 0 Å². The van der Waals surface area contributed by atoms with Gasteiger partial charge in [0.15, 0.2) is 0 Å². The van der Waals surface area contributed by atoms with Gasteiger partial charge in [-0.25, -0.2) is 4.57 Å². The third kappa shape index (κ3) is 43.7. The van der Waals surface area contributed by atoms with Crippen LogP contribution < -0.4 is 5.73 Å². The molecule has 0 radical (unpaired) electrons. The fourth-order valence-corrected chi connectivity index (χ4v) is 7.18. The van der Waals surface area contributed by atoms with E-state index in [1.165, 1.54) is 116 Å². The SMILES string of the molecule is CC/C=C\C/C=C\C/C=C\C/C=C\C/C=C\CCCC(=O)OC(COCCCCCCCCCCCCCCCCCCCCCCC)COP(=O)(O)OCC(N)C(=O)O. The van der Waals surface area contributed by atoms with Crippen molar-refractivity contribution >= 4 is 19.8 Å². The Balaban J connectivity index is 4.23. The number of carboxylic acid groups (broad SMARTS) is 1. The Hall–Kier alpha value is -2.33. The monoisotopic (exact) mass is 866 g/mol. The molecule has 0 amide bonds. The van der Waals surface area contributed by atoms with Crippen molar-refractivity contribution in [1.82, 2.24) is 0 Å². The van der Waals surface area contributed by atoms with Crippen molar-refractivity contribution in [2.45, 2.75) is 212 Å². The molecule has 348 valence electrons. The van der Waals surface area contributed by atoms with E-state index in [-0.39, 0.29) is 13.0 Å². The number of carboxylic acids is 1. The zero-order chi connectivity index (χ0) is 44.0. The summed E-state index contributed by atoms with van der Waals surface area (Å²) in [4.78, 5) is 33.6. The predicted octanol–water partition coefficient (Wildman–Crippen LogP) is 13.6. The highest BCUT2D eigenvalue weighted by molar-refractivity contribution is 7.47. The van der Waals surface area contributed by atoms with Crippen LogP contribution in [0, 0.1) is 0 Å². The Labute approximate surface area is 366 Å². The van der Waals surface area contributed by atoms with E-state index in [2.05, 4.69) is 68.5 Å². The van der Waals surface area contributed by atoms with Crippen molar-refractivity contribution < 1.29 is 42.7 Å². The van der Waals surface area contributed by atoms with Crippen LogP contribution in [-0.2, 0) is 32.7 Å². The first kappa shape index (κ1) is 57.7. The minimum atomic E-state index is -4.64. The van der Waals surface area contributed by atoms with Gasteiger partial charge in [-0.15, -0.1) is 0 Å². The average Bonchev–Trinajstić information content (AvgIpc) is 3.23. The summed E-state index contributed by atoms with van der Waals surface area (Å²) in [6, 6.07) is -1.48. The smallest absolute Gasteiger partial charge is 0.472 e. The molecule has 0 aliphatic carbocycles. The van der Waals surface area contributed by atoms with E-state index in [0.29, 0.717) is 19.4 Å². The van der Waals surface area contributed by atoms with Crippen LogP contribution in [0.1, 0.15) is 200 Å². The summed E-state index contributed by atoms with van der Waals surface area (Å²) in [6.45, 7) is 3.72. The summed E-state index contributed by atoms with van der Waals surface area (Å²) in [5.74, 6) is -1.84. The summed E-state index contributed by atoms with van der Waals surface area (Å²) < 4.78 is 33.4. The minimum absolute atomic E-state index is 0.00561. The molecule has 0 aliphatic rings. The maximum absolute atomic E-state index is 12.6. The molecule has 4 N–H and O–H groups in total. The summed E-state index contributed by atoms with van der Waals surface area (Å²) in [7, 11) is -4.64. The number of allylic oxidation sites excluding steroid dienone is 10. The van der Waals surface area contributed by atoms with Crippen LogP contribution in [0.2, 0.25) is 0 Å². The molecule has 0 aromatic rings. The van der Waals surface area contributed by atoms with Gasteiger partial charge in [-0.2, -0.15) is 0 Å². The third-order valence-electron chi connectivity index (χ3n) is 10.1. The van der Waals surface area contributed by atoms with Crippen LogP contribution in [0.25, 0.3) is 0 Å². The number of esters is 1. The molecule has 0 rings (SSSR count). The van der Waals surface area contributed by atoms with Crippen molar-refractivity contribution in [3.05, 3.63) is 60.8 Å². The Morgan fingerprint density at radius 2 is 0.950 bits per heavy atom. The molecule has 0 saturated carbocycles. The van der Waals surface area contributed by atoms with Crippen LogP contribution in [-0.4, -0.2) is 60.5 Å². The first-order chi connectivity index (χ1) is 29.2. The maximum Gasteiger partial charge on any atom is 0.472 e. The van der Waals surface area contributed by atoms with Crippen molar-refractivity contribution in [2.24, 2.45) is 5.73 Å². The second-order valence-corrected chi connectivity index (χ2v) is 17.3. The number of rotatable bonds is 45. The Morgan fingerprint density at radius 1 is 0.550 bits per heavy atom. The number of carbonyl (C=O) groups is 2. The van der Waals surface area contributed by atoms with Gasteiger partial charge in [0.2, 0.25) is 0 Å². The number of phosphoric acid groups is 1. The summed E-state index contributed by atoms with van der Waals surface area (Å²) in [5, 5.41) is 8.91. The van der Waals surface area contributed by atoms with Gasteiger partial charge in [0.25, 0.3) is 0 Å². The van der Waals surface area contributed by atoms with E-state index in [1.807, 2.05) is 6.08 Å². The standard InChI is InChI=1S/C49H88NO9P/c1-3-5-7-9-11-13-15-17-19-21-22-23-24-26-28-30-32-34-36-38-40-42-56-43-46(44-57-60(54,55)58-45-47(50)49(52)53)59-48(51)41-39-37-35-33-31-29-27-25-20-18-16-14-12-10-8-6-4-2/h6,8,12,14,18,20,27,29,33,35,46-47H,3-5,7,9-11,13,15-17,19,21-26,28,30-32,34,36-45,50H2,1-2H3,(H,52,53)(H,54,55)/b8-6-,14-12-,20-18-,29-27-,35-33-. The summed E-state index contributed by atoms with van der Waals surface area (Å²) >= 11 is 0. The second-order valence-electron chi connectivity index (χ2n) is 15.9. The van der Waals surface area contributed by atoms with Crippen LogP contribution in [0.3, 0.4) is 0 Å². The molecule has 11 heteroatoms. The molecule has 3 atom stereocenters. The lowest BCUT2D eigenvalue weighted by Gasteiger charge is -2.20. The van der Waals surface area contributed by atoms with Gasteiger partial charge in [-0.3, -0.25) is 18.6 Å². The molecule has 60 heavy (non-hydrogen) atoms. The molecule has 3 unspecified atom stereocenters. The molecule has 0 spiro atoms. The highest BCUT2D eigenvalue weighted by Gasteiger charge is 2.27. The number of hydrogen-bond donors (Lipinski definition) is 3. The molecular weight excluding hydrogens is 778 g/mol. The second kappa shape index (κ2) is 44.7. The van der Waals surface area contributed by atoms with Gasteiger partial charge < -0.3 is 25.2 Å². The molecule has 0 aromatic carbocycles. The van der Waals surface area contributed by atoms with Crippen molar-refractivity contribution in [3.63, 3.8) is 0 Å². The van der Waals surface area contributed by atoms with Gasteiger partial charge in [0.1, 0.15) is 12.1 Å². The highest BCUT2D eigenvalue weighted by atomic mass is 31.2. The van der Waals surface area contributed by atoms with E-state index in [4.69, 9.17) is 29.4 Å². The quantitative estimate of drug-likeness (QED) is 0.0233. The number of hydrogen-bond acceptors (Lipinski definition) is 8. The zero-order valence-corrected chi connectivity index (χ0v) is 38.9. The molecule has 0 bridgehead atoms. The predicted molar refractivity (Wildman–Crippen MR) is 249 cm³/mol. The summed E-state index contributed by atoms with van der Waals surface area (Å²) in [5.41, 5.74) is 5.36. The Morgan fingerprint density at radius 3 is 1.38 bits per heavy atom. The Bertz CT molecular complexity index is 1190. The van der Waals surface area contributed by atoms with Gasteiger partial charge in [-0.05, 0) is 51.4 Å². The fraction of sp³-hybridized carbons (Fsp3) is 0.755. The number of carbonyl (C=O) groups excluding carboxylic acids is 1. The number of nitrogens with two attached hydrogens (primary N) is 1. The first-order valence-corrected chi connectivity index (χ1v) is 25.3. The summed E-state index contributed by atoms with van der Waals surface area (Å²) in [6.07, 6.45) is 54.3. The molecule has 0 aromatic heterocycles.